The number of hydrogen-bond donors (Lipinski definition) is 2. The Morgan fingerprint density at radius 3 is 2.76 bits per heavy atom. The second-order valence-corrected chi connectivity index (χ2v) is 6.24. The van der Waals surface area contributed by atoms with Crippen molar-refractivity contribution >= 4 is 5.97 Å². The lowest BCUT2D eigenvalue weighted by atomic mass is 9.92. The molecule has 1 aromatic rings. The number of carboxylic acid groups (broad SMARTS) is 1. The molecule has 1 fully saturated rings. The zero-order valence-corrected chi connectivity index (χ0v) is 12.7. The summed E-state index contributed by atoms with van der Waals surface area (Å²) in [5.41, 5.74) is 0.443. The van der Waals surface area contributed by atoms with Gasteiger partial charge in [0.1, 0.15) is 0 Å². The molecule has 5 heteroatoms. The van der Waals surface area contributed by atoms with E-state index in [1.165, 1.54) is 0 Å². The first-order valence-electron chi connectivity index (χ1n) is 7.30. The Morgan fingerprint density at radius 1 is 1.38 bits per heavy atom. The van der Waals surface area contributed by atoms with Gasteiger partial charge >= 0.3 is 5.97 Å². The molecule has 1 saturated heterocycles. The van der Waals surface area contributed by atoms with Gasteiger partial charge in [0.05, 0.1) is 11.2 Å². The summed E-state index contributed by atoms with van der Waals surface area (Å²) in [5, 5.41) is 19.9. The molecule has 116 valence electrons. The summed E-state index contributed by atoms with van der Waals surface area (Å²) in [6.45, 7) is 2.67. The third kappa shape index (κ3) is 4.27. The Kier molecular flexibility index (Phi) is 4.98. The van der Waals surface area contributed by atoms with Crippen LogP contribution >= 0.6 is 0 Å². The molecule has 1 heterocycles. The van der Waals surface area contributed by atoms with Crippen molar-refractivity contribution < 1.29 is 15.0 Å². The molecule has 0 unspecified atom stereocenters. The van der Waals surface area contributed by atoms with E-state index in [2.05, 4.69) is 4.90 Å². The smallest absolute Gasteiger partial charge is 0.336 e. The number of hydrogen-bond acceptors (Lipinski definition) is 4. The van der Waals surface area contributed by atoms with Crippen molar-refractivity contribution in [1.29, 1.82) is 0 Å². The molecule has 0 amide bonds. The minimum Gasteiger partial charge on any atom is -0.478 e. The van der Waals surface area contributed by atoms with Crippen molar-refractivity contribution in [2.24, 2.45) is 0 Å². The first kappa shape index (κ1) is 15.9. The van der Waals surface area contributed by atoms with Gasteiger partial charge in [-0.15, -0.1) is 0 Å². The van der Waals surface area contributed by atoms with Gasteiger partial charge in [0, 0.05) is 19.6 Å². The van der Waals surface area contributed by atoms with Crippen LogP contribution < -0.4 is 0 Å². The van der Waals surface area contributed by atoms with Crippen LogP contribution in [0.2, 0.25) is 0 Å². The summed E-state index contributed by atoms with van der Waals surface area (Å²) < 4.78 is 0. The topological polar surface area (TPSA) is 64.0 Å². The lowest BCUT2D eigenvalue weighted by Crippen LogP contribution is -2.52. The van der Waals surface area contributed by atoms with E-state index < -0.39 is 11.6 Å². The Bertz CT molecular complexity index is 504. The summed E-state index contributed by atoms with van der Waals surface area (Å²) in [4.78, 5) is 15.4. The average Bonchev–Trinajstić information content (AvgIpc) is 2.37. The minimum absolute atomic E-state index is 0.347. The second kappa shape index (κ2) is 6.56. The van der Waals surface area contributed by atoms with Crippen LogP contribution in [0.5, 0.6) is 0 Å². The van der Waals surface area contributed by atoms with Crippen molar-refractivity contribution in [3.05, 3.63) is 35.4 Å². The molecule has 0 radical (unpaired) electrons. The molecule has 1 atom stereocenters. The molecule has 0 aromatic heterocycles. The first-order chi connectivity index (χ1) is 9.89. The highest BCUT2D eigenvalue weighted by molar-refractivity contribution is 5.89. The van der Waals surface area contributed by atoms with Crippen LogP contribution in [0.4, 0.5) is 0 Å². The fourth-order valence-corrected chi connectivity index (χ4v) is 3.17. The van der Waals surface area contributed by atoms with Gasteiger partial charge in [-0.25, -0.2) is 4.79 Å². The maximum atomic E-state index is 11.3. The number of β-amino-alcohol motifs (C(OH)–C–C–N with tert-alkyl or cyclic N) is 1. The first-order valence-corrected chi connectivity index (χ1v) is 7.30. The molecule has 1 aromatic carbocycles. The SMILES string of the molecule is CN(C)C[C@]1(O)CCCN(Cc2ccccc2C(=O)O)C1. The number of aromatic carboxylic acids is 1. The molecular weight excluding hydrogens is 268 g/mol. The standard InChI is InChI=1S/C16H24N2O3/c1-17(2)11-16(21)8-5-9-18(12-16)10-13-6-3-4-7-14(13)15(19)20/h3-4,6-7,21H,5,8-12H2,1-2H3,(H,19,20)/t16-/m1/s1. The molecule has 1 aliphatic rings. The van der Waals surface area contributed by atoms with Crippen molar-refractivity contribution in [3.63, 3.8) is 0 Å². The van der Waals surface area contributed by atoms with Gasteiger partial charge in [-0.05, 0) is 45.1 Å². The minimum atomic E-state index is -0.897. The Hall–Kier alpha value is -1.43. The average molecular weight is 292 g/mol. The number of piperidine rings is 1. The van der Waals surface area contributed by atoms with Crippen molar-refractivity contribution in [3.8, 4) is 0 Å². The number of rotatable bonds is 5. The molecule has 21 heavy (non-hydrogen) atoms. The van der Waals surface area contributed by atoms with Gasteiger partial charge in [0.2, 0.25) is 0 Å². The summed E-state index contributed by atoms with van der Waals surface area (Å²) >= 11 is 0. The number of nitrogens with zero attached hydrogens (tertiary/aromatic N) is 2. The molecule has 1 aliphatic heterocycles. The fourth-order valence-electron chi connectivity index (χ4n) is 3.17. The summed E-state index contributed by atoms with van der Waals surface area (Å²) in [6, 6.07) is 7.08. The largest absolute Gasteiger partial charge is 0.478 e. The molecule has 2 N–H and O–H groups in total. The van der Waals surface area contributed by atoms with Gasteiger partial charge in [-0.2, -0.15) is 0 Å². The number of aliphatic hydroxyl groups is 1. The predicted molar refractivity (Wildman–Crippen MR) is 81.4 cm³/mol. The van der Waals surface area contributed by atoms with E-state index in [0.29, 0.717) is 25.2 Å². The van der Waals surface area contributed by atoms with Gasteiger partial charge in [-0.1, -0.05) is 18.2 Å². The zero-order chi connectivity index (χ0) is 15.5. The van der Waals surface area contributed by atoms with E-state index in [-0.39, 0.29) is 0 Å². The van der Waals surface area contributed by atoms with Crippen LogP contribution in [-0.4, -0.2) is 65.3 Å². The van der Waals surface area contributed by atoms with E-state index in [4.69, 9.17) is 0 Å². The molecular formula is C16H24N2O3. The Labute approximate surface area is 125 Å². The summed E-state index contributed by atoms with van der Waals surface area (Å²) in [5.74, 6) is -0.897. The highest BCUT2D eigenvalue weighted by Gasteiger charge is 2.33. The summed E-state index contributed by atoms with van der Waals surface area (Å²) in [7, 11) is 3.91. The highest BCUT2D eigenvalue weighted by atomic mass is 16.4. The van der Waals surface area contributed by atoms with Crippen LogP contribution in [0.15, 0.2) is 24.3 Å². The Balaban J connectivity index is 2.08. The molecule has 5 nitrogen and oxygen atoms in total. The van der Waals surface area contributed by atoms with E-state index in [0.717, 1.165) is 24.9 Å². The maximum absolute atomic E-state index is 11.3. The van der Waals surface area contributed by atoms with Crippen molar-refractivity contribution in [2.75, 3.05) is 33.7 Å². The fraction of sp³-hybridized carbons (Fsp3) is 0.562. The Morgan fingerprint density at radius 2 is 2.10 bits per heavy atom. The molecule has 0 saturated carbocycles. The van der Waals surface area contributed by atoms with E-state index in [9.17, 15) is 15.0 Å². The van der Waals surface area contributed by atoms with Crippen LogP contribution in [0, 0.1) is 0 Å². The number of carbonyl (C=O) groups is 1. The third-order valence-electron chi connectivity index (χ3n) is 3.89. The number of likely N-dealkylation sites (tertiary alicyclic amines) is 1. The number of carboxylic acids is 1. The quantitative estimate of drug-likeness (QED) is 0.856. The maximum Gasteiger partial charge on any atom is 0.336 e. The van der Waals surface area contributed by atoms with Gasteiger partial charge < -0.3 is 15.1 Å². The molecule has 2 rings (SSSR count). The van der Waals surface area contributed by atoms with Crippen LogP contribution in [0.25, 0.3) is 0 Å². The van der Waals surface area contributed by atoms with Gasteiger partial charge in [0.25, 0.3) is 0 Å². The van der Waals surface area contributed by atoms with Gasteiger partial charge in [-0.3, -0.25) is 4.90 Å². The van der Waals surface area contributed by atoms with Crippen molar-refractivity contribution in [2.45, 2.75) is 25.0 Å². The monoisotopic (exact) mass is 292 g/mol. The lowest BCUT2D eigenvalue weighted by molar-refractivity contribution is -0.0480. The molecule has 0 bridgehead atoms. The van der Waals surface area contributed by atoms with E-state index in [1.54, 1.807) is 12.1 Å². The van der Waals surface area contributed by atoms with Crippen molar-refractivity contribution in [1.82, 2.24) is 9.80 Å². The molecule has 0 spiro atoms. The third-order valence-corrected chi connectivity index (χ3v) is 3.89. The van der Waals surface area contributed by atoms with Crippen LogP contribution in [-0.2, 0) is 6.54 Å². The lowest BCUT2D eigenvalue weighted by Gasteiger charge is -2.40. The van der Waals surface area contributed by atoms with Gasteiger partial charge in [0.15, 0.2) is 0 Å². The van der Waals surface area contributed by atoms with E-state index >= 15 is 0 Å². The normalized spacial score (nSPS) is 23.4. The van der Waals surface area contributed by atoms with Crippen LogP contribution in [0.3, 0.4) is 0 Å². The summed E-state index contributed by atoms with van der Waals surface area (Å²) in [6.07, 6.45) is 1.72. The predicted octanol–water partition coefficient (Wildman–Crippen LogP) is 1.27. The zero-order valence-electron chi connectivity index (χ0n) is 12.7. The highest BCUT2D eigenvalue weighted by Crippen LogP contribution is 2.24. The number of benzene rings is 1. The van der Waals surface area contributed by atoms with Crippen LogP contribution in [0.1, 0.15) is 28.8 Å². The number of likely N-dealkylation sites (N-methyl/N-ethyl adjacent to an activating group) is 1. The molecule has 0 aliphatic carbocycles. The second-order valence-electron chi connectivity index (χ2n) is 6.24. The van der Waals surface area contributed by atoms with E-state index in [1.807, 2.05) is 31.1 Å².